The molecule has 30 heavy (non-hydrogen) atoms. The largest absolute Gasteiger partial charge is 0.491 e. The maximum absolute atomic E-state index is 12.0. The van der Waals surface area contributed by atoms with Gasteiger partial charge in [-0.15, -0.1) is 0 Å². The molecule has 0 aliphatic heterocycles. The molecular weight excluding hydrogens is 406 g/mol. The van der Waals surface area contributed by atoms with Crippen molar-refractivity contribution in [3.05, 3.63) is 29.8 Å². The Hall–Kier alpha value is -1.64. The number of hydrogen-bond acceptors (Lipinski definition) is 6. The highest BCUT2D eigenvalue weighted by atomic mass is 32.2. The minimum absolute atomic E-state index is 0.180. The third kappa shape index (κ3) is 12.1. The van der Waals surface area contributed by atoms with Crippen LogP contribution >= 0.6 is 0 Å². The predicted molar refractivity (Wildman–Crippen MR) is 118 cm³/mol. The van der Waals surface area contributed by atoms with Gasteiger partial charge >= 0.3 is 5.97 Å². The number of rotatable bonds is 16. The van der Waals surface area contributed by atoms with Crippen molar-refractivity contribution >= 4 is 16.0 Å². The van der Waals surface area contributed by atoms with E-state index < -0.39 is 16.1 Å². The first-order valence-electron chi connectivity index (χ1n) is 10.7. The summed E-state index contributed by atoms with van der Waals surface area (Å²) < 4.78 is 36.0. The van der Waals surface area contributed by atoms with Crippen LogP contribution < -0.4 is 4.74 Å². The fraction of sp³-hybridized carbons (Fsp3) is 0.682. The first kappa shape index (κ1) is 26.4. The van der Waals surface area contributed by atoms with Crippen molar-refractivity contribution in [1.29, 1.82) is 0 Å². The van der Waals surface area contributed by atoms with Gasteiger partial charge in [0.2, 0.25) is 10.0 Å². The average Bonchev–Trinajstić information content (AvgIpc) is 2.67. The summed E-state index contributed by atoms with van der Waals surface area (Å²) in [6.07, 6.45) is 5.24. The van der Waals surface area contributed by atoms with E-state index in [9.17, 15) is 18.3 Å². The second-order valence-corrected chi connectivity index (χ2v) is 9.54. The number of carbonyl (C=O) groups excluding carboxylic acids is 1. The van der Waals surface area contributed by atoms with Crippen LogP contribution in [0.15, 0.2) is 24.3 Å². The van der Waals surface area contributed by atoms with Crippen LogP contribution in [0.25, 0.3) is 0 Å². The quantitative estimate of drug-likeness (QED) is 0.311. The molecule has 7 nitrogen and oxygen atoms in total. The molecule has 0 heterocycles. The van der Waals surface area contributed by atoms with E-state index >= 15 is 0 Å². The Morgan fingerprint density at radius 3 is 2.50 bits per heavy atom. The van der Waals surface area contributed by atoms with Crippen molar-refractivity contribution in [1.82, 2.24) is 4.31 Å². The number of hydrogen-bond donors (Lipinski definition) is 1. The summed E-state index contributed by atoms with van der Waals surface area (Å²) in [5.41, 5.74) is 1.09. The molecular formula is C22H37NO6S. The van der Waals surface area contributed by atoms with Crippen LogP contribution in [0, 0.1) is 6.92 Å². The molecule has 0 radical (unpaired) electrons. The summed E-state index contributed by atoms with van der Waals surface area (Å²) in [6.45, 7) is 5.17. The number of benzene rings is 1. The van der Waals surface area contributed by atoms with Crippen LogP contribution in [-0.4, -0.2) is 62.5 Å². The van der Waals surface area contributed by atoms with Crippen molar-refractivity contribution in [3.8, 4) is 5.75 Å². The molecule has 0 saturated heterocycles. The molecule has 0 bridgehead atoms. The topological polar surface area (TPSA) is 93.1 Å². The molecule has 0 aromatic heterocycles. The third-order valence-electron chi connectivity index (χ3n) is 4.69. The van der Waals surface area contributed by atoms with Crippen molar-refractivity contribution in [2.45, 2.75) is 64.9 Å². The van der Waals surface area contributed by atoms with E-state index in [1.54, 1.807) is 6.92 Å². The highest BCUT2D eigenvalue weighted by Crippen LogP contribution is 2.14. The lowest BCUT2D eigenvalue weighted by atomic mass is 10.1. The third-order valence-corrected chi connectivity index (χ3v) is 5.99. The molecule has 0 aliphatic carbocycles. The molecule has 1 N–H and O–H groups in total. The number of nitrogens with zero attached hydrogens (tertiary/aromatic N) is 1. The maximum Gasteiger partial charge on any atom is 0.305 e. The number of aliphatic hydroxyl groups is 1. The average molecular weight is 444 g/mol. The minimum Gasteiger partial charge on any atom is -0.491 e. The number of unbranched alkanes of at least 4 members (excludes halogenated alkanes) is 3. The van der Waals surface area contributed by atoms with Gasteiger partial charge in [0.25, 0.3) is 0 Å². The van der Waals surface area contributed by atoms with E-state index in [0.29, 0.717) is 39.0 Å². The van der Waals surface area contributed by atoms with E-state index in [1.165, 1.54) is 10.6 Å². The second kappa shape index (κ2) is 14.4. The molecule has 0 amide bonds. The molecule has 1 aromatic carbocycles. The van der Waals surface area contributed by atoms with E-state index in [1.807, 2.05) is 31.2 Å². The highest BCUT2D eigenvalue weighted by molar-refractivity contribution is 7.88. The van der Waals surface area contributed by atoms with Crippen LogP contribution in [-0.2, 0) is 19.6 Å². The van der Waals surface area contributed by atoms with Crippen LogP contribution in [0.4, 0.5) is 0 Å². The normalized spacial score (nSPS) is 12.7. The first-order chi connectivity index (χ1) is 14.2. The van der Waals surface area contributed by atoms with Crippen molar-refractivity contribution in [3.63, 3.8) is 0 Å². The monoisotopic (exact) mass is 443 g/mol. The molecule has 0 saturated carbocycles. The zero-order chi connectivity index (χ0) is 22.4. The van der Waals surface area contributed by atoms with Gasteiger partial charge in [-0.05, 0) is 57.2 Å². The van der Waals surface area contributed by atoms with Crippen LogP contribution in [0.2, 0.25) is 0 Å². The Bertz CT molecular complexity index is 722. The standard InChI is InChI=1S/C22H37NO6S/c1-4-28-22(25)14-7-5-6-8-15-23(30(3,26)27)16-10-12-20(24)18-29-21-13-9-11-19(2)17-21/h9,11,13,17,20,24H,4-8,10,12,14-16,18H2,1-3H3. The summed E-state index contributed by atoms with van der Waals surface area (Å²) in [7, 11) is -3.29. The van der Waals surface area contributed by atoms with Gasteiger partial charge in [0.15, 0.2) is 0 Å². The Balaban J connectivity index is 2.25. The lowest BCUT2D eigenvalue weighted by molar-refractivity contribution is -0.143. The minimum atomic E-state index is -3.29. The summed E-state index contributed by atoms with van der Waals surface area (Å²) >= 11 is 0. The smallest absolute Gasteiger partial charge is 0.305 e. The molecule has 0 fully saturated rings. The second-order valence-electron chi connectivity index (χ2n) is 7.55. The number of ether oxygens (including phenoxy) is 2. The molecule has 1 rings (SSSR count). The molecule has 1 aromatic rings. The summed E-state index contributed by atoms with van der Waals surface area (Å²) in [4.78, 5) is 11.3. The molecule has 0 spiro atoms. The van der Waals surface area contributed by atoms with Gasteiger partial charge in [-0.1, -0.05) is 25.0 Å². The van der Waals surface area contributed by atoms with Gasteiger partial charge in [-0.25, -0.2) is 12.7 Å². The van der Waals surface area contributed by atoms with Gasteiger partial charge in [-0.3, -0.25) is 4.79 Å². The van der Waals surface area contributed by atoms with E-state index in [2.05, 4.69) is 0 Å². The Kier molecular flexibility index (Phi) is 12.7. The van der Waals surface area contributed by atoms with Crippen LogP contribution in [0.5, 0.6) is 5.75 Å². The molecule has 0 aliphatic rings. The molecule has 1 unspecified atom stereocenters. The Labute approximate surface area is 181 Å². The SMILES string of the molecule is CCOC(=O)CCCCCCN(CCCC(O)COc1cccc(C)c1)S(C)(=O)=O. The van der Waals surface area contributed by atoms with Crippen LogP contribution in [0.3, 0.4) is 0 Å². The Morgan fingerprint density at radius 1 is 1.13 bits per heavy atom. The van der Waals surface area contributed by atoms with Gasteiger partial charge in [0.05, 0.1) is 19.0 Å². The molecule has 1 atom stereocenters. The molecule has 172 valence electrons. The summed E-state index contributed by atoms with van der Waals surface area (Å²) in [5, 5.41) is 10.1. The maximum atomic E-state index is 12.0. The summed E-state index contributed by atoms with van der Waals surface area (Å²) in [5.74, 6) is 0.537. The van der Waals surface area contributed by atoms with Gasteiger partial charge in [0.1, 0.15) is 12.4 Å². The van der Waals surface area contributed by atoms with Crippen molar-refractivity contribution in [2.24, 2.45) is 0 Å². The van der Waals surface area contributed by atoms with E-state index in [0.717, 1.165) is 37.0 Å². The number of carbonyl (C=O) groups is 1. The molecule has 8 heteroatoms. The van der Waals surface area contributed by atoms with Gasteiger partial charge < -0.3 is 14.6 Å². The lowest BCUT2D eigenvalue weighted by Crippen LogP contribution is -2.32. The van der Waals surface area contributed by atoms with Gasteiger partial charge in [-0.2, -0.15) is 0 Å². The Morgan fingerprint density at radius 2 is 1.83 bits per heavy atom. The van der Waals surface area contributed by atoms with Crippen molar-refractivity contribution in [2.75, 3.05) is 32.6 Å². The first-order valence-corrected chi connectivity index (χ1v) is 12.6. The highest BCUT2D eigenvalue weighted by Gasteiger charge is 2.16. The van der Waals surface area contributed by atoms with Crippen molar-refractivity contribution < 1.29 is 27.8 Å². The van der Waals surface area contributed by atoms with Gasteiger partial charge in [0, 0.05) is 19.5 Å². The van der Waals surface area contributed by atoms with Crippen LogP contribution in [0.1, 0.15) is 57.4 Å². The van der Waals surface area contributed by atoms with E-state index in [-0.39, 0.29) is 12.6 Å². The number of aryl methyl sites for hydroxylation is 1. The van der Waals surface area contributed by atoms with E-state index in [4.69, 9.17) is 9.47 Å². The number of esters is 1. The fourth-order valence-electron chi connectivity index (χ4n) is 3.07. The number of aliphatic hydroxyl groups excluding tert-OH is 1. The zero-order valence-electron chi connectivity index (χ0n) is 18.5. The fourth-order valence-corrected chi connectivity index (χ4v) is 3.99. The lowest BCUT2D eigenvalue weighted by Gasteiger charge is -2.20. The predicted octanol–water partition coefficient (Wildman–Crippen LogP) is 3.29. The summed E-state index contributed by atoms with van der Waals surface area (Å²) in [6, 6.07) is 7.63. The number of sulfonamides is 1. The zero-order valence-corrected chi connectivity index (χ0v) is 19.3.